The van der Waals surface area contributed by atoms with Gasteiger partial charge in [0.25, 0.3) is 0 Å². The Hall–Kier alpha value is -7.63. The number of fused-ring (bicyclic) bond motifs is 5. The smallest absolute Gasteiger partial charge is 0.164 e. The first-order valence-corrected chi connectivity index (χ1v) is 18.2. The van der Waals surface area contributed by atoms with Gasteiger partial charge in [-0.3, -0.25) is 0 Å². The normalized spacial score (nSPS) is 13.1. The molecule has 0 aliphatic rings. The van der Waals surface area contributed by atoms with Crippen molar-refractivity contribution in [3.63, 3.8) is 0 Å². The molecule has 0 spiro atoms. The summed E-state index contributed by atoms with van der Waals surface area (Å²) in [6.45, 7) is 0. The third kappa shape index (κ3) is 5.45. The van der Waals surface area contributed by atoms with Gasteiger partial charge in [-0.2, -0.15) is 0 Å². The lowest BCUT2D eigenvalue weighted by Crippen LogP contribution is -2.00. The van der Waals surface area contributed by atoms with E-state index < -0.39 is 0 Å². The lowest BCUT2D eigenvalue weighted by atomic mass is 9.92. The number of hydrogen-bond acceptors (Lipinski definition) is 5. The maximum absolute atomic E-state index is 9.66. The maximum atomic E-state index is 9.66. The van der Waals surface area contributed by atoms with Gasteiger partial charge in [-0.05, 0) is 74.9 Å². The molecule has 8 aromatic carbocycles. The summed E-state index contributed by atoms with van der Waals surface area (Å²) < 4.78 is 67.6. The Morgan fingerprint density at radius 2 is 1.11 bits per heavy atom. The Balaban J connectivity index is 1.18. The molecule has 3 aromatic heterocycles. The zero-order valence-corrected chi connectivity index (χ0v) is 29.6. The van der Waals surface area contributed by atoms with Crippen LogP contribution in [0.4, 0.5) is 0 Å². The summed E-state index contributed by atoms with van der Waals surface area (Å²) in [5.74, 6) is 0.593. The zero-order chi connectivity index (χ0) is 42.2. The first-order chi connectivity index (χ1) is 30.2. The van der Waals surface area contributed by atoms with Crippen molar-refractivity contribution in [3.05, 3.63) is 188 Å². The van der Waals surface area contributed by atoms with Gasteiger partial charge in [0, 0.05) is 38.4 Å². The Labute approximate surface area is 330 Å². The highest BCUT2D eigenvalue weighted by atomic mass is 16.3. The summed E-state index contributed by atoms with van der Waals surface area (Å²) in [5.41, 5.74) is 6.30. The van der Waals surface area contributed by atoms with Crippen LogP contribution in [0.2, 0.25) is 0 Å². The number of furan rings is 2. The highest BCUT2D eigenvalue weighted by molar-refractivity contribution is 6.15. The van der Waals surface area contributed by atoms with E-state index in [4.69, 9.17) is 27.9 Å². The van der Waals surface area contributed by atoms with E-state index in [2.05, 4.69) is 24.3 Å². The number of para-hydroxylation sites is 1. The van der Waals surface area contributed by atoms with Gasteiger partial charge in [-0.15, -0.1) is 0 Å². The molecule has 262 valence electrons. The summed E-state index contributed by atoms with van der Waals surface area (Å²) in [5, 5.41) is 3.04. The molecule has 56 heavy (non-hydrogen) atoms. The van der Waals surface area contributed by atoms with E-state index in [1.165, 1.54) is 6.26 Å². The zero-order valence-electron chi connectivity index (χ0n) is 35.6. The van der Waals surface area contributed by atoms with Crippen LogP contribution >= 0.6 is 0 Å². The van der Waals surface area contributed by atoms with Crippen molar-refractivity contribution in [3.8, 4) is 67.5 Å². The minimum Gasteiger partial charge on any atom is -0.464 e. The third-order valence-corrected chi connectivity index (χ3v) is 10.1. The molecular formula is C51H31N3O2. The van der Waals surface area contributed by atoms with E-state index in [0.717, 1.165) is 38.4 Å². The van der Waals surface area contributed by atoms with Crippen LogP contribution < -0.4 is 0 Å². The quantitative estimate of drug-likeness (QED) is 0.171. The standard InChI is InChI=1S/C51H31N3O2/c1-3-12-33(13-4-1)40-25-23-38(30-44(40)34-14-5-2-6-15-34)50-52-49(37-22-21-32-11-7-8-16-36(32)29-37)53-51(54-50)39-24-26-43-46(31-39)56-45-20-10-18-41(47(43)45)42-19-9-17-35-27-28-55-48(35)42/h1-31H/i10D,18D,20D,24D,26D,31D. The van der Waals surface area contributed by atoms with Gasteiger partial charge in [-0.1, -0.05) is 146 Å². The average Bonchev–Trinajstić information content (AvgIpc) is 3.97. The van der Waals surface area contributed by atoms with Gasteiger partial charge in [0.1, 0.15) is 16.7 Å². The van der Waals surface area contributed by atoms with E-state index in [1.807, 2.05) is 103 Å². The predicted molar refractivity (Wildman–Crippen MR) is 227 cm³/mol. The molecule has 3 heterocycles. The molecular weight excluding hydrogens is 687 g/mol. The Morgan fingerprint density at radius 3 is 1.91 bits per heavy atom. The van der Waals surface area contributed by atoms with Crippen molar-refractivity contribution in [2.75, 3.05) is 0 Å². The van der Waals surface area contributed by atoms with Crippen LogP contribution in [0.15, 0.2) is 197 Å². The first-order valence-electron chi connectivity index (χ1n) is 21.2. The molecule has 11 rings (SSSR count). The van der Waals surface area contributed by atoms with E-state index >= 15 is 0 Å². The molecule has 0 aliphatic carbocycles. The fraction of sp³-hybridized carbons (Fsp3) is 0. The first kappa shape index (κ1) is 26.2. The molecule has 0 aliphatic heterocycles. The fourth-order valence-electron chi connectivity index (χ4n) is 7.44. The van der Waals surface area contributed by atoms with Crippen molar-refractivity contribution in [2.45, 2.75) is 0 Å². The highest BCUT2D eigenvalue weighted by Gasteiger charge is 2.19. The van der Waals surface area contributed by atoms with Gasteiger partial charge in [-0.25, -0.2) is 15.0 Å². The molecule has 0 unspecified atom stereocenters. The van der Waals surface area contributed by atoms with Gasteiger partial charge < -0.3 is 8.83 Å². The topological polar surface area (TPSA) is 65.0 Å². The van der Waals surface area contributed by atoms with E-state index in [9.17, 15) is 4.11 Å². The molecule has 0 radical (unpaired) electrons. The van der Waals surface area contributed by atoms with E-state index in [-0.39, 0.29) is 75.1 Å². The molecule has 0 saturated carbocycles. The van der Waals surface area contributed by atoms with Crippen LogP contribution in [-0.4, -0.2) is 15.0 Å². The number of aromatic nitrogens is 3. The molecule has 11 aromatic rings. The molecule has 0 atom stereocenters. The second-order valence-electron chi connectivity index (χ2n) is 13.5. The SMILES string of the molecule is [2H]c1c([2H])c(-c2cccc3ccoc23)c2c(oc3c([2H])c(-c4nc(-c5ccc(-c6ccccc6)c(-c6ccccc6)c5)nc(-c5ccc6ccccc6c5)n4)c([2H])c([2H])c32)c1[2H]. The molecule has 5 nitrogen and oxygen atoms in total. The van der Waals surface area contributed by atoms with Crippen molar-refractivity contribution in [2.24, 2.45) is 0 Å². The third-order valence-electron chi connectivity index (χ3n) is 10.1. The Morgan fingerprint density at radius 1 is 0.429 bits per heavy atom. The summed E-state index contributed by atoms with van der Waals surface area (Å²) in [6, 6.07) is 45.4. The summed E-state index contributed by atoms with van der Waals surface area (Å²) >= 11 is 0. The van der Waals surface area contributed by atoms with Gasteiger partial charge in [0.15, 0.2) is 17.5 Å². The number of nitrogens with zero attached hydrogens (tertiary/aromatic N) is 3. The lowest BCUT2D eigenvalue weighted by Gasteiger charge is -2.14. The van der Waals surface area contributed by atoms with Gasteiger partial charge in [0.2, 0.25) is 0 Å². The van der Waals surface area contributed by atoms with Crippen LogP contribution in [0, 0.1) is 0 Å². The van der Waals surface area contributed by atoms with Crippen LogP contribution in [0.5, 0.6) is 0 Å². The van der Waals surface area contributed by atoms with Crippen molar-refractivity contribution < 1.29 is 17.1 Å². The summed E-state index contributed by atoms with van der Waals surface area (Å²) in [7, 11) is 0. The van der Waals surface area contributed by atoms with Gasteiger partial charge >= 0.3 is 0 Å². The highest BCUT2D eigenvalue weighted by Crippen LogP contribution is 2.41. The average molecular weight is 724 g/mol. The van der Waals surface area contributed by atoms with E-state index in [0.29, 0.717) is 33.9 Å². The minimum atomic E-state index is -0.380. The van der Waals surface area contributed by atoms with Crippen LogP contribution in [0.1, 0.15) is 8.22 Å². The molecule has 0 amide bonds. The molecule has 0 fully saturated rings. The summed E-state index contributed by atoms with van der Waals surface area (Å²) in [6.07, 6.45) is 1.53. The Bertz CT molecular complexity index is 3610. The predicted octanol–water partition coefficient (Wildman–Crippen LogP) is 13.7. The van der Waals surface area contributed by atoms with E-state index in [1.54, 1.807) is 18.2 Å². The van der Waals surface area contributed by atoms with Crippen LogP contribution in [0.25, 0.3) is 111 Å². The molecule has 5 heteroatoms. The second kappa shape index (κ2) is 13.0. The summed E-state index contributed by atoms with van der Waals surface area (Å²) in [4.78, 5) is 14.9. The van der Waals surface area contributed by atoms with Crippen molar-refractivity contribution >= 4 is 43.7 Å². The van der Waals surface area contributed by atoms with Gasteiger partial charge in [0.05, 0.1) is 14.5 Å². The Kier molecular flexibility index (Phi) is 6.10. The van der Waals surface area contributed by atoms with Crippen LogP contribution in [0.3, 0.4) is 0 Å². The van der Waals surface area contributed by atoms with Crippen molar-refractivity contribution in [1.82, 2.24) is 15.0 Å². The monoisotopic (exact) mass is 723 g/mol. The van der Waals surface area contributed by atoms with Crippen LogP contribution in [-0.2, 0) is 0 Å². The number of hydrogen-bond donors (Lipinski definition) is 0. The fourth-order valence-corrected chi connectivity index (χ4v) is 7.44. The van der Waals surface area contributed by atoms with Crippen molar-refractivity contribution in [1.29, 1.82) is 0 Å². The lowest BCUT2D eigenvalue weighted by molar-refractivity contribution is 0.617. The molecule has 0 bridgehead atoms. The minimum absolute atomic E-state index is 0.00792. The molecule has 0 saturated heterocycles. The second-order valence-corrected chi connectivity index (χ2v) is 13.5. The maximum Gasteiger partial charge on any atom is 0.164 e. The molecule has 0 N–H and O–H groups in total. The largest absolute Gasteiger partial charge is 0.464 e. The number of benzene rings is 8. The number of rotatable bonds is 6.